The highest BCUT2D eigenvalue weighted by molar-refractivity contribution is 5.78. The topological polar surface area (TPSA) is 55.1 Å². The number of amides is 1. The summed E-state index contributed by atoms with van der Waals surface area (Å²) in [5.41, 5.74) is 7.90. The number of rotatable bonds is 5. The maximum absolute atomic E-state index is 12.0. The molecule has 1 amide bonds. The minimum absolute atomic E-state index is 0.154. The number of nitrogens with one attached hydrogen (secondary N) is 1. The lowest BCUT2D eigenvalue weighted by molar-refractivity contribution is -0.125. The summed E-state index contributed by atoms with van der Waals surface area (Å²) in [6.45, 7) is 1.28. The fraction of sp³-hybridized carbons (Fsp3) is 0.438. The van der Waals surface area contributed by atoms with E-state index >= 15 is 0 Å². The second kappa shape index (κ2) is 7.10. The van der Waals surface area contributed by atoms with Gasteiger partial charge in [0.05, 0.1) is 0 Å². The number of carbonyl (C=O) groups excluding carboxylic acids is 1. The molecule has 102 valence electrons. The van der Waals surface area contributed by atoms with Gasteiger partial charge >= 0.3 is 0 Å². The maximum atomic E-state index is 12.0. The van der Waals surface area contributed by atoms with E-state index in [4.69, 9.17) is 5.73 Å². The third-order valence-corrected chi connectivity index (χ3v) is 3.56. The second-order valence-corrected chi connectivity index (χ2v) is 5.05. The maximum Gasteiger partial charge on any atom is 0.223 e. The first-order valence-electron chi connectivity index (χ1n) is 7.00. The van der Waals surface area contributed by atoms with E-state index in [-0.39, 0.29) is 11.8 Å². The molecule has 0 radical (unpaired) electrons. The fourth-order valence-electron chi connectivity index (χ4n) is 2.36. The summed E-state index contributed by atoms with van der Waals surface area (Å²) in [6.07, 6.45) is 8.03. The number of nitrogens with two attached hydrogens (primary N) is 1. The molecular weight excluding hydrogens is 236 g/mol. The Morgan fingerprint density at radius 3 is 2.58 bits per heavy atom. The molecule has 0 fully saturated rings. The number of hydrogen-bond acceptors (Lipinski definition) is 2. The lowest BCUT2D eigenvalue weighted by Crippen LogP contribution is -2.30. The SMILES string of the molecule is NCCc1ccc(CNC(=O)C2CC=CCC2)cc1. The lowest BCUT2D eigenvalue weighted by Gasteiger charge is -2.17. The Labute approximate surface area is 114 Å². The summed E-state index contributed by atoms with van der Waals surface area (Å²) >= 11 is 0. The number of benzene rings is 1. The zero-order valence-corrected chi connectivity index (χ0v) is 11.3. The Balaban J connectivity index is 1.81. The number of allylic oxidation sites excluding steroid dienone is 2. The van der Waals surface area contributed by atoms with E-state index in [1.807, 2.05) is 0 Å². The Bertz CT molecular complexity index is 437. The summed E-state index contributed by atoms with van der Waals surface area (Å²) in [4.78, 5) is 12.0. The van der Waals surface area contributed by atoms with Gasteiger partial charge in [0.1, 0.15) is 0 Å². The van der Waals surface area contributed by atoms with Gasteiger partial charge in [0.15, 0.2) is 0 Å². The first kappa shape index (κ1) is 13.8. The smallest absolute Gasteiger partial charge is 0.223 e. The van der Waals surface area contributed by atoms with Crippen LogP contribution in [-0.4, -0.2) is 12.5 Å². The molecule has 1 aliphatic rings. The van der Waals surface area contributed by atoms with Crippen molar-refractivity contribution in [1.82, 2.24) is 5.32 Å². The molecule has 1 atom stereocenters. The molecular formula is C16H22N2O. The molecule has 1 aromatic carbocycles. The van der Waals surface area contributed by atoms with Gasteiger partial charge in [0.25, 0.3) is 0 Å². The lowest BCUT2D eigenvalue weighted by atomic mass is 9.93. The van der Waals surface area contributed by atoms with Crippen LogP contribution in [0.3, 0.4) is 0 Å². The van der Waals surface area contributed by atoms with Crippen LogP contribution in [0.1, 0.15) is 30.4 Å². The van der Waals surface area contributed by atoms with Gasteiger partial charge in [-0.05, 0) is 43.4 Å². The average molecular weight is 258 g/mol. The summed E-state index contributed by atoms with van der Waals surface area (Å²) in [6, 6.07) is 8.29. The molecule has 1 unspecified atom stereocenters. The highest BCUT2D eigenvalue weighted by atomic mass is 16.1. The Morgan fingerprint density at radius 2 is 1.95 bits per heavy atom. The van der Waals surface area contributed by atoms with E-state index in [1.165, 1.54) is 5.56 Å². The molecule has 1 aromatic rings. The quantitative estimate of drug-likeness (QED) is 0.795. The highest BCUT2D eigenvalue weighted by Crippen LogP contribution is 2.18. The van der Waals surface area contributed by atoms with Crippen molar-refractivity contribution in [3.05, 3.63) is 47.5 Å². The van der Waals surface area contributed by atoms with Gasteiger partial charge in [-0.2, -0.15) is 0 Å². The predicted molar refractivity (Wildman–Crippen MR) is 77.5 cm³/mol. The molecule has 2 rings (SSSR count). The van der Waals surface area contributed by atoms with Crippen molar-refractivity contribution in [3.63, 3.8) is 0 Å². The first-order chi connectivity index (χ1) is 9.29. The third kappa shape index (κ3) is 4.21. The first-order valence-corrected chi connectivity index (χ1v) is 7.00. The van der Waals surface area contributed by atoms with Crippen LogP contribution in [0.5, 0.6) is 0 Å². The average Bonchev–Trinajstić information content (AvgIpc) is 2.47. The van der Waals surface area contributed by atoms with Crippen molar-refractivity contribution in [2.75, 3.05) is 6.54 Å². The zero-order valence-electron chi connectivity index (χ0n) is 11.3. The molecule has 0 heterocycles. The molecule has 1 aliphatic carbocycles. The molecule has 0 aromatic heterocycles. The van der Waals surface area contributed by atoms with Crippen LogP contribution in [0.25, 0.3) is 0 Å². The van der Waals surface area contributed by atoms with Crippen molar-refractivity contribution in [3.8, 4) is 0 Å². The van der Waals surface area contributed by atoms with Gasteiger partial charge in [-0.1, -0.05) is 36.4 Å². The largest absolute Gasteiger partial charge is 0.352 e. The molecule has 3 nitrogen and oxygen atoms in total. The fourth-order valence-corrected chi connectivity index (χ4v) is 2.36. The van der Waals surface area contributed by atoms with Crippen LogP contribution in [0, 0.1) is 5.92 Å². The van der Waals surface area contributed by atoms with Crippen molar-refractivity contribution < 1.29 is 4.79 Å². The predicted octanol–water partition coefficient (Wildman–Crippen LogP) is 2.16. The van der Waals surface area contributed by atoms with Gasteiger partial charge in [-0.3, -0.25) is 4.79 Å². The molecule has 0 saturated carbocycles. The highest BCUT2D eigenvalue weighted by Gasteiger charge is 2.17. The summed E-state index contributed by atoms with van der Waals surface area (Å²) < 4.78 is 0. The summed E-state index contributed by atoms with van der Waals surface area (Å²) in [5, 5.41) is 3.02. The molecule has 0 saturated heterocycles. The standard InChI is InChI=1S/C16H22N2O/c17-11-10-13-6-8-14(9-7-13)12-18-16(19)15-4-2-1-3-5-15/h1-2,6-9,15H,3-5,10-12,17H2,(H,18,19). The van der Waals surface area contributed by atoms with Crippen molar-refractivity contribution in [2.24, 2.45) is 11.7 Å². The minimum Gasteiger partial charge on any atom is -0.352 e. The van der Waals surface area contributed by atoms with Crippen LogP contribution >= 0.6 is 0 Å². The summed E-state index contributed by atoms with van der Waals surface area (Å²) in [5.74, 6) is 0.330. The molecule has 0 spiro atoms. The molecule has 0 bridgehead atoms. The van der Waals surface area contributed by atoms with Gasteiger partial charge in [0, 0.05) is 12.5 Å². The number of carbonyl (C=O) groups is 1. The second-order valence-electron chi connectivity index (χ2n) is 5.05. The molecule has 19 heavy (non-hydrogen) atoms. The van der Waals surface area contributed by atoms with E-state index < -0.39 is 0 Å². The van der Waals surface area contributed by atoms with Crippen LogP contribution < -0.4 is 11.1 Å². The van der Waals surface area contributed by atoms with Gasteiger partial charge in [-0.25, -0.2) is 0 Å². The van der Waals surface area contributed by atoms with Crippen LogP contribution in [-0.2, 0) is 17.8 Å². The van der Waals surface area contributed by atoms with Crippen LogP contribution in [0.2, 0.25) is 0 Å². The Kier molecular flexibility index (Phi) is 5.16. The van der Waals surface area contributed by atoms with Crippen LogP contribution in [0.4, 0.5) is 0 Å². The minimum atomic E-state index is 0.154. The Morgan fingerprint density at radius 1 is 1.21 bits per heavy atom. The van der Waals surface area contributed by atoms with E-state index in [9.17, 15) is 4.79 Å². The van der Waals surface area contributed by atoms with Gasteiger partial charge in [0.2, 0.25) is 5.91 Å². The third-order valence-electron chi connectivity index (χ3n) is 3.56. The normalized spacial score (nSPS) is 18.3. The Hall–Kier alpha value is -1.61. The van der Waals surface area contributed by atoms with E-state index in [1.54, 1.807) is 0 Å². The van der Waals surface area contributed by atoms with Crippen molar-refractivity contribution >= 4 is 5.91 Å². The molecule has 0 aliphatic heterocycles. The van der Waals surface area contributed by atoms with Gasteiger partial charge < -0.3 is 11.1 Å². The van der Waals surface area contributed by atoms with Crippen LogP contribution in [0.15, 0.2) is 36.4 Å². The van der Waals surface area contributed by atoms with E-state index in [0.29, 0.717) is 13.1 Å². The molecule has 3 heteroatoms. The molecule has 3 N–H and O–H groups in total. The van der Waals surface area contributed by atoms with Gasteiger partial charge in [-0.15, -0.1) is 0 Å². The monoisotopic (exact) mass is 258 g/mol. The summed E-state index contributed by atoms with van der Waals surface area (Å²) in [7, 11) is 0. The van der Waals surface area contributed by atoms with Crippen molar-refractivity contribution in [2.45, 2.75) is 32.2 Å². The zero-order chi connectivity index (χ0) is 13.5. The van der Waals surface area contributed by atoms with Crippen molar-refractivity contribution in [1.29, 1.82) is 0 Å². The number of hydrogen-bond donors (Lipinski definition) is 2. The van der Waals surface area contributed by atoms with E-state index in [0.717, 1.165) is 31.2 Å². The van der Waals surface area contributed by atoms with E-state index in [2.05, 4.69) is 41.7 Å².